The molecule has 0 fully saturated rings. The van der Waals surface area contributed by atoms with E-state index in [0.717, 1.165) is 40.7 Å². The lowest BCUT2D eigenvalue weighted by atomic mass is 10.1. The number of aliphatic hydroxyl groups excluding tert-OH is 1. The van der Waals surface area contributed by atoms with Gasteiger partial charge in [0.2, 0.25) is 0 Å². The predicted octanol–water partition coefficient (Wildman–Crippen LogP) is 3.78. The lowest BCUT2D eigenvalue weighted by Crippen LogP contribution is -2.34. The van der Waals surface area contributed by atoms with Gasteiger partial charge in [0.1, 0.15) is 24.3 Å². The van der Waals surface area contributed by atoms with Gasteiger partial charge >= 0.3 is 0 Å². The minimum Gasteiger partial charge on any atom is -0.490 e. The highest BCUT2D eigenvalue weighted by atomic mass is 19.1. The first-order valence-corrected chi connectivity index (χ1v) is 8.53. The fraction of sp³-hybridized carbons (Fsp3) is 0.238. The van der Waals surface area contributed by atoms with Crippen LogP contribution in [0, 0.1) is 5.82 Å². The molecule has 0 radical (unpaired) electrons. The van der Waals surface area contributed by atoms with Crippen LogP contribution in [0.25, 0.3) is 10.8 Å². The molecule has 3 nitrogen and oxygen atoms in total. The van der Waals surface area contributed by atoms with Gasteiger partial charge in [-0.1, -0.05) is 42.5 Å². The summed E-state index contributed by atoms with van der Waals surface area (Å²) in [5, 5.41) is 12.5. The molecule has 0 saturated heterocycles. The fourth-order valence-corrected chi connectivity index (χ4v) is 3.42. The van der Waals surface area contributed by atoms with E-state index in [0.29, 0.717) is 6.54 Å². The molecule has 0 aliphatic carbocycles. The molecule has 1 aliphatic heterocycles. The molecule has 0 saturated carbocycles. The second-order valence-corrected chi connectivity index (χ2v) is 6.41. The highest BCUT2D eigenvalue weighted by molar-refractivity contribution is 5.88. The second-order valence-electron chi connectivity index (χ2n) is 6.41. The van der Waals surface area contributed by atoms with Gasteiger partial charge in [-0.3, -0.25) is 0 Å². The SMILES string of the molecule is O[C@@H](COc1cccc2ccccc12)CN1CCc2ccc(F)cc21. The van der Waals surface area contributed by atoms with E-state index in [9.17, 15) is 9.50 Å². The molecule has 1 atom stereocenters. The van der Waals surface area contributed by atoms with Crippen molar-refractivity contribution in [2.45, 2.75) is 12.5 Å². The van der Waals surface area contributed by atoms with E-state index in [1.54, 1.807) is 6.07 Å². The molecule has 1 heterocycles. The quantitative estimate of drug-likeness (QED) is 0.769. The van der Waals surface area contributed by atoms with Crippen molar-refractivity contribution in [3.05, 3.63) is 72.0 Å². The average Bonchev–Trinajstić information content (AvgIpc) is 3.02. The van der Waals surface area contributed by atoms with Gasteiger partial charge in [0.05, 0.1) is 0 Å². The van der Waals surface area contributed by atoms with Crippen LogP contribution in [0.1, 0.15) is 5.56 Å². The molecule has 1 N–H and O–H groups in total. The molecule has 3 aromatic carbocycles. The molecular formula is C21H20FNO2. The van der Waals surface area contributed by atoms with Crippen molar-refractivity contribution in [1.29, 1.82) is 0 Å². The Balaban J connectivity index is 1.42. The van der Waals surface area contributed by atoms with E-state index in [1.165, 1.54) is 6.07 Å². The van der Waals surface area contributed by atoms with Crippen molar-refractivity contribution >= 4 is 16.5 Å². The van der Waals surface area contributed by atoms with Gasteiger partial charge in [0.15, 0.2) is 0 Å². The molecule has 4 rings (SSSR count). The largest absolute Gasteiger partial charge is 0.490 e. The first kappa shape index (κ1) is 15.9. The lowest BCUT2D eigenvalue weighted by molar-refractivity contribution is 0.113. The highest BCUT2D eigenvalue weighted by Crippen LogP contribution is 2.29. The zero-order valence-electron chi connectivity index (χ0n) is 13.9. The Morgan fingerprint density at radius 1 is 1.08 bits per heavy atom. The normalized spacial score (nSPS) is 14.6. The van der Waals surface area contributed by atoms with Crippen molar-refractivity contribution < 1.29 is 14.2 Å². The Morgan fingerprint density at radius 2 is 1.92 bits per heavy atom. The summed E-state index contributed by atoms with van der Waals surface area (Å²) in [5.74, 6) is 0.525. The summed E-state index contributed by atoms with van der Waals surface area (Å²) in [6.07, 6.45) is 0.236. The Bertz CT molecular complexity index is 891. The second kappa shape index (κ2) is 6.73. The molecule has 128 valence electrons. The third-order valence-electron chi connectivity index (χ3n) is 4.65. The number of nitrogens with zero attached hydrogens (tertiary/aromatic N) is 1. The summed E-state index contributed by atoms with van der Waals surface area (Å²) < 4.78 is 19.3. The van der Waals surface area contributed by atoms with E-state index >= 15 is 0 Å². The van der Waals surface area contributed by atoms with Gasteiger partial charge in [-0.25, -0.2) is 4.39 Å². The molecule has 4 heteroatoms. The van der Waals surface area contributed by atoms with Crippen molar-refractivity contribution in [1.82, 2.24) is 0 Å². The van der Waals surface area contributed by atoms with Crippen LogP contribution in [0.4, 0.5) is 10.1 Å². The number of β-amino-alcohol motifs (C(OH)–C–C–N with tert-alkyl or cyclic N) is 1. The van der Waals surface area contributed by atoms with Crippen molar-refractivity contribution in [3.63, 3.8) is 0 Å². The highest BCUT2D eigenvalue weighted by Gasteiger charge is 2.22. The Morgan fingerprint density at radius 3 is 2.84 bits per heavy atom. The summed E-state index contributed by atoms with van der Waals surface area (Å²) in [6.45, 7) is 1.43. The molecule has 0 spiro atoms. The molecule has 0 bridgehead atoms. The molecule has 25 heavy (non-hydrogen) atoms. The summed E-state index contributed by atoms with van der Waals surface area (Å²) in [5.41, 5.74) is 2.01. The number of rotatable bonds is 5. The number of halogens is 1. The number of fused-ring (bicyclic) bond motifs is 2. The Hall–Kier alpha value is -2.59. The summed E-state index contributed by atoms with van der Waals surface area (Å²) in [4.78, 5) is 2.02. The van der Waals surface area contributed by atoms with E-state index in [1.807, 2.05) is 53.4 Å². The van der Waals surface area contributed by atoms with Gasteiger partial charge < -0.3 is 14.7 Å². The first-order chi connectivity index (χ1) is 12.2. The number of ether oxygens (including phenoxy) is 1. The molecule has 1 aliphatic rings. The maximum Gasteiger partial charge on any atom is 0.127 e. The minimum absolute atomic E-state index is 0.204. The van der Waals surface area contributed by atoms with Gasteiger partial charge in [0.25, 0.3) is 0 Å². The van der Waals surface area contributed by atoms with Crippen LogP contribution in [-0.4, -0.2) is 30.9 Å². The number of benzene rings is 3. The van der Waals surface area contributed by atoms with Gasteiger partial charge in [-0.2, -0.15) is 0 Å². The molecule has 3 aromatic rings. The smallest absolute Gasteiger partial charge is 0.127 e. The third kappa shape index (κ3) is 3.30. The van der Waals surface area contributed by atoms with E-state index in [4.69, 9.17) is 4.74 Å². The van der Waals surface area contributed by atoms with Gasteiger partial charge in [-0.05, 0) is 35.6 Å². The van der Waals surface area contributed by atoms with Crippen LogP contribution < -0.4 is 9.64 Å². The first-order valence-electron chi connectivity index (χ1n) is 8.53. The van der Waals surface area contributed by atoms with Crippen LogP contribution in [0.3, 0.4) is 0 Å². The maximum atomic E-state index is 13.5. The van der Waals surface area contributed by atoms with Crippen LogP contribution in [0.15, 0.2) is 60.7 Å². The molecular weight excluding hydrogens is 317 g/mol. The van der Waals surface area contributed by atoms with Gasteiger partial charge in [-0.15, -0.1) is 0 Å². The topological polar surface area (TPSA) is 32.7 Å². The average molecular weight is 337 g/mol. The van der Waals surface area contributed by atoms with Crippen molar-refractivity contribution in [2.75, 3.05) is 24.6 Å². The number of aliphatic hydroxyl groups is 1. The van der Waals surface area contributed by atoms with E-state index < -0.39 is 6.10 Å². The zero-order valence-corrected chi connectivity index (χ0v) is 13.9. The Labute approximate surface area is 146 Å². The summed E-state index contributed by atoms with van der Waals surface area (Å²) >= 11 is 0. The molecule has 0 amide bonds. The predicted molar refractivity (Wildman–Crippen MR) is 97.8 cm³/mol. The fourth-order valence-electron chi connectivity index (χ4n) is 3.42. The zero-order chi connectivity index (χ0) is 17.2. The lowest BCUT2D eigenvalue weighted by Gasteiger charge is -2.23. The van der Waals surface area contributed by atoms with Gasteiger partial charge in [0, 0.05) is 24.2 Å². The minimum atomic E-state index is -0.645. The standard InChI is InChI=1S/C21H20FNO2/c22-17-9-8-16-10-11-23(20(16)12-17)13-18(24)14-25-21-7-3-5-15-4-1-2-6-19(15)21/h1-9,12,18,24H,10-11,13-14H2/t18-/m1/s1. The monoisotopic (exact) mass is 337 g/mol. The maximum absolute atomic E-state index is 13.5. The van der Waals surface area contributed by atoms with E-state index in [2.05, 4.69) is 0 Å². The van der Waals surface area contributed by atoms with Crippen LogP contribution in [0.2, 0.25) is 0 Å². The van der Waals surface area contributed by atoms with E-state index in [-0.39, 0.29) is 12.4 Å². The number of anilines is 1. The molecule has 0 unspecified atom stereocenters. The molecule has 0 aromatic heterocycles. The van der Waals surface area contributed by atoms with Crippen molar-refractivity contribution in [2.24, 2.45) is 0 Å². The van der Waals surface area contributed by atoms with Crippen molar-refractivity contribution in [3.8, 4) is 5.75 Å². The van der Waals surface area contributed by atoms with Crippen LogP contribution >= 0.6 is 0 Å². The Kier molecular flexibility index (Phi) is 4.28. The number of hydrogen-bond donors (Lipinski definition) is 1. The summed E-state index contributed by atoms with van der Waals surface area (Å²) in [6, 6.07) is 18.8. The summed E-state index contributed by atoms with van der Waals surface area (Å²) in [7, 11) is 0. The number of hydrogen-bond acceptors (Lipinski definition) is 3. The van der Waals surface area contributed by atoms with Crippen LogP contribution in [0.5, 0.6) is 5.75 Å². The third-order valence-corrected chi connectivity index (χ3v) is 4.65. The van der Waals surface area contributed by atoms with Crippen LogP contribution in [-0.2, 0) is 6.42 Å².